The van der Waals surface area contributed by atoms with E-state index >= 15 is 0 Å². The second-order valence-electron chi connectivity index (χ2n) is 3.72. The third-order valence-electron chi connectivity index (χ3n) is 2.22. The Morgan fingerprint density at radius 1 is 1.53 bits per heavy atom. The van der Waals surface area contributed by atoms with Crippen LogP contribution in [0, 0.1) is 0 Å². The first-order valence-corrected chi connectivity index (χ1v) is 6.19. The fourth-order valence-electron chi connectivity index (χ4n) is 1.35. The molecule has 5 heteroatoms. The number of nitrogens with zero attached hydrogens (tertiary/aromatic N) is 1. The second-order valence-corrected chi connectivity index (χ2v) is 4.64. The summed E-state index contributed by atoms with van der Waals surface area (Å²) in [7, 11) is 1.76. The van der Waals surface area contributed by atoms with Gasteiger partial charge in [-0.1, -0.05) is 28.1 Å². The minimum atomic E-state index is -0.0431. The van der Waals surface area contributed by atoms with Gasteiger partial charge in [0.25, 0.3) is 0 Å². The maximum absolute atomic E-state index is 11.7. The van der Waals surface area contributed by atoms with Gasteiger partial charge in [-0.25, -0.2) is 0 Å². The molecule has 94 valence electrons. The number of carbonyl (C=O) groups excluding carboxylic acids is 1. The quantitative estimate of drug-likeness (QED) is 0.808. The highest BCUT2D eigenvalue weighted by Crippen LogP contribution is 2.12. The maximum atomic E-state index is 11.7. The fraction of sp³-hybridized carbons (Fsp3) is 0.417. The zero-order valence-corrected chi connectivity index (χ0v) is 11.4. The third kappa shape index (κ3) is 5.30. The van der Waals surface area contributed by atoms with Crippen molar-refractivity contribution in [2.24, 2.45) is 5.73 Å². The Labute approximate surface area is 110 Å². The Kier molecular flexibility index (Phi) is 6.18. The number of carbonyl (C=O) groups is 1. The van der Waals surface area contributed by atoms with E-state index < -0.39 is 0 Å². The van der Waals surface area contributed by atoms with Crippen molar-refractivity contribution < 1.29 is 9.53 Å². The molecule has 0 spiro atoms. The van der Waals surface area contributed by atoms with Crippen LogP contribution < -0.4 is 5.73 Å². The lowest BCUT2D eigenvalue weighted by atomic mass is 10.2. The van der Waals surface area contributed by atoms with Gasteiger partial charge in [-0.15, -0.1) is 0 Å². The van der Waals surface area contributed by atoms with Crippen molar-refractivity contribution in [3.63, 3.8) is 0 Å². The molecule has 1 aromatic carbocycles. The zero-order valence-electron chi connectivity index (χ0n) is 9.86. The predicted octanol–water partition coefficient (Wildman–Crippen LogP) is 1.38. The molecular weight excluding hydrogens is 284 g/mol. The van der Waals surface area contributed by atoms with Crippen molar-refractivity contribution in [3.05, 3.63) is 34.3 Å². The molecule has 0 aliphatic heterocycles. The number of likely N-dealkylation sites (N-methyl/N-ethyl adjacent to an activating group) is 1. The SMILES string of the molecule is CN(Cc1cccc(Br)c1)C(=O)COCCN. The molecule has 0 radical (unpaired) electrons. The number of nitrogens with two attached hydrogens (primary N) is 1. The Bertz CT molecular complexity index is 371. The van der Waals surface area contributed by atoms with Crippen molar-refractivity contribution in [2.75, 3.05) is 26.8 Å². The van der Waals surface area contributed by atoms with E-state index in [0.717, 1.165) is 10.0 Å². The number of hydrogen-bond donors (Lipinski definition) is 1. The van der Waals surface area contributed by atoms with E-state index in [9.17, 15) is 4.79 Å². The third-order valence-corrected chi connectivity index (χ3v) is 2.72. The molecule has 0 aliphatic carbocycles. The van der Waals surface area contributed by atoms with Gasteiger partial charge in [0.1, 0.15) is 6.61 Å². The summed E-state index contributed by atoms with van der Waals surface area (Å²) in [5.41, 5.74) is 6.35. The Balaban J connectivity index is 2.43. The van der Waals surface area contributed by atoms with Gasteiger partial charge >= 0.3 is 0 Å². The van der Waals surface area contributed by atoms with Crippen LogP contribution in [0.4, 0.5) is 0 Å². The van der Waals surface area contributed by atoms with Gasteiger partial charge in [0.2, 0.25) is 5.91 Å². The molecular formula is C12H17BrN2O2. The molecule has 1 rings (SSSR count). The molecule has 4 nitrogen and oxygen atoms in total. The van der Waals surface area contributed by atoms with E-state index in [2.05, 4.69) is 15.9 Å². The Hall–Kier alpha value is -0.910. The molecule has 0 saturated heterocycles. The molecule has 0 atom stereocenters. The molecule has 1 aromatic rings. The van der Waals surface area contributed by atoms with Gasteiger partial charge < -0.3 is 15.4 Å². The summed E-state index contributed by atoms with van der Waals surface area (Å²) in [4.78, 5) is 13.3. The molecule has 1 amide bonds. The first-order valence-electron chi connectivity index (χ1n) is 5.39. The number of benzene rings is 1. The highest BCUT2D eigenvalue weighted by atomic mass is 79.9. The van der Waals surface area contributed by atoms with Gasteiger partial charge in [0, 0.05) is 24.6 Å². The number of halogens is 1. The van der Waals surface area contributed by atoms with Crippen LogP contribution in [0.25, 0.3) is 0 Å². The Morgan fingerprint density at radius 2 is 2.29 bits per heavy atom. The highest BCUT2D eigenvalue weighted by molar-refractivity contribution is 9.10. The van der Waals surface area contributed by atoms with Crippen molar-refractivity contribution in [3.8, 4) is 0 Å². The van der Waals surface area contributed by atoms with Gasteiger partial charge in [-0.05, 0) is 17.7 Å². The second kappa shape index (κ2) is 7.42. The molecule has 0 fully saturated rings. The summed E-state index contributed by atoms with van der Waals surface area (Å²) in [6.07, 6.45) is 0. The van der Waals surface area contributed by atoms with Crippen molar-refractivity contribution in [1.29, 1.82) is 0 Å². The molecule has 2 N–H and O–H groups in total. The lowest BCUT2D eigenvalue weighted by Gasteiger charge is -2.17. The van der Waals surface area contributed by atoms with Crippen LogP contribution in [0.2, 0.25) is 0 Å². The molecule has 0 unspecified atom stereocenters. The number of rotatable bonds is 6. The zero-order chi connectivity index (χ0) is 12.7. The largest absolute Gasteiger partial charge is 0.370 e. The molecule has 0 bridgehead atoms. The van der Waals surface area contributed by atoms with Gasteiger partial charge in [0.05, 0.1) is 6.61 Å². The van der Waals surface area contributed by atoms with E-state index in [-0.39, 0.29) is 12.5 Å². The predicted molar refractivity (Wildman–Crippen MR) is 70.5 cm³/mol. The number of hydrogen-bond acceptors (Lipinski definition) is 3. The van der Waals surface area contributed by atoms with E-state index in [4.69, 9.17) is 10.5 Å². The van der Waals surface area contributed by atoms with Gasteiger partial charge in [-0.3, -0.25) is 4.79 Å². The van der Waals surface area contributed by atoms with E-state index in [1.807, 2.05) is 24.3 Å². The van der Waals surface area contributed by atoms with Crippen molar-refractivity contribution >= 4 is 21.8 Å². The van der Waals surface area contributed by atoms with E-state index in [1.165, 1.54) is 0 Å². The highest BCUT2D eigenvalue weighted by Gasteiger charge is 2.09. The first kappa shape index (κ1) is 14.2. The molecule has 0 heterocycles. The fourth-order valence-corrected chi connectivity index (χ4v) is 1.80. The standard InChI is InChI=1S/C12H17BrN2O2/c1-15(12(16)9-17-6-5-14)8-10-3-2-4-11(13)7-10/h2-4,7H,5-6,8-9,14H2,1H3. The van der Waals surface area contributed by atoms with Crippen molar-refractivity contribution in [2.45, 2.75) is 6.54 Å². The van der Waals surface area contributed by atoms with Crippen LogP contribution in [0.15, 0.2) is 28.7 Å². The monoisotopic (exact) mass is 300 g/mol. The lowest BCUT2D eigenvalue weighted by Crippen LogP contribution is -2.30. The van der Waals surface area contributed by atoms with Crippen LogP contribution in [-0.2, 0) is 16.1 Å². The maximum Gasteiger partial charge on any atom is 0.248 e. The topological polar surface area (TPSA) is 55.6 Å². The molecule has 0 aliphatic rings. The summed E-state index contributed by atoms with van der Waals surface area (Å²) < 4.78 is 6.11. The molecule has 0 saturated carbocycles. The summed E-state index contributed by atoms with van der Waals surface area (Å²) in [5.74, 6) is -0.0431. The number of ether oxygens (including phenoxy) is 1. The minimum absolute atomic E-state index is 0.0431. The average Bonchev–Trinajstić information content (AvgIpc) is 2.29. The minimum Gasteiger partial charge on any atom is -0.370 e. The summed E-state index contributed by atoms with van der Waals surface area (Å²) in [5, 5.41) is 0. The normalized spacial score (nSPS) is 10.3. The van der Waals surface area contributed by atoms with Crippen LogP contribution in [0.3, 0.4) is 0 Å². The lowest BCUT2D eigenvalue weighted by molar-refractivity contribution is -0.135. The summed E-state index contributed by atoms with van der Waals surface area (Å²) in [6.45, 7) is 1.51. The van der Waals surface area contributed by atoms with Gasteiger partial charge in [-0.2, -0.15) is 0 Å². The van der Waals surface area contributed by atoms with Crippen LogP contribution in [-0.4, -0.2) is 37.6 Å². The van der Waals surface area contributed by atoms with E-state index in [1.54, 1.807) is 11.9 Å². The van der Waals surface area contributed by atoms with Crippen molar-refractivity contribution in [1.82, 2.24) is 4.90 Å². The smallest absolute Gasteiger partial charge is 0.248 e. The summed E-state index contributed by atoms with van der Waals surface area (Å²) in [6, 6.07) is 7.87. The molecule has 17 heavy (non-hydrogen) atoms. The van der Waals surface area contributed by atoms with Gasteiger partial charge in [0.15, 0.2) is 0 Å². The van der Waals surface area contributed by atoms with Crippen LogP contribution >= 0.6 is 15.9 Å². The Morgan fingerprint density at radius 3 is 2.94 bits per heavy atom. The molecule has 0 aromatic heterocycles. The van der Waals surface area contributed by atoms with Crippen LogP contribution in [0.1, 0.15) is 5.56 Å². The van der Waals surface area contributed by atoms with Crippen LogP contribution in [0.5, 0.6) is 0 Å². The van der Waals surface area contributed by atoms with E-state index in [0.29, 0.717) is 19.7 Å². The first-order chi connectivity index (χ1) is 8.13. The summed E-state index contributed by atoms with van der Waals surface area (Å²) >= 11 is 3.40. The number of amides is 1. The average molecular weight is 301 g/mol.